The van der Waals surface area contributed by atoms with E-state index in [1.54, 1.807) is 0 Å². The lowest BCUT2D eigenvalue weighted by Gasteiger charge is -2.27. The second-order valence-electron chi connectivity index (χ2n) is 11.0. The van der Waals surface area contributed by atoms with Gasteiger partial charge in [-0.3, -0.25) is 0 Å². The number of hydrogen-bond acceptors (Lipinski definition) is 4. The molecule has 1 aliphatic heterocycles. The van der Waals surface area contributed by atoms with E-state index in [9.17, 15) is 0 Å². The summed E-state index contributed by atoms with van der Waals surface area (Å²) in [7, 11) is 0. The summed E-state index contributed by atoms with van der Waals surface area (Å²) in [5.41, 5.74) is 7.93. The van der Waals surface area contributed by atoms with E-state index >= 15 is 0 Å². The predicted molar refractivity (Wildman–Crippen MR) is 177 cm³/mol. The summed E-state index contributed by atoms with van der Waals surface area (Å²) in [5, 5.41) is 3.72. The summed E-state index contributed by atoms with van der Waals surface area (Å²) in [5.74, 6) is 0.988. The van der Waals surface area contributed by atoms with Gasteiger partial charge in [0.2, 0.25) is 5.95 Å². The van der Waals surface area contributed by atoms with Gasteiger partial charge in [0.05, 0.1) is 17.3 Å². The molecule has 0 saturated carbocycles. The van der Waals surface area contributed by atoms with Crippen LogP contribution in [0.2, 0.25) is 0 Å². The Morgan fingerprint density at radius 2 is 1.29 bits per heavy atom. The topological polar surface area (TPSA) is 29.0 Å². The van der Waals surface area contributed by atoms with Crippen LogP contribution in [0.3, 0.4) is 0 Å². The molecule has 0 bridgehead atoms. The molecular weight excluding hydrogens is 531 g/mol. The first-order valence-corrected chi connectivity index (χ1v) is 15.2. The summed E-state index contributed by atoms with van der Waals surface area (Å²) >= 11 is 1.86. The maximum atomic E-state index is 5.33. The second kappa shape index (κ2) is 9.23. The number of aromatic nitrogens is 2. The van der Waals surface area contributed by atoms with Gasteiger partial charge in [0.15, 0.2) is 0 Å². The van der Waals surface area contributed by atoms with Crippen LogP contribution >= 0.6 is 11.3 Å². The Balaban J connectivity index is 1.23. The fourth-order valence-electron chi connectivity index (χ4n) is 6.63. The summed E-state index contributed by atoms with van der Waals surface area (Å²) in [4.78, 5) is 12.9. The van der Waals surface area contributed by atoms with Crippen molar-refractivity contribution in [3.63, 3.8) is 0 Å². The zero-order chi connectivity index (χ0) is 27.6. The van der Waals surface area contributed by atoms with E-state index in [1.165, 1.54) is 42.6 Å². The third kappa shape index (κ3) is 3.59. The zero-order valence-corrected chi connectivity index (χ0v) is 23.5. The SMILES string of the molecule is C1=CC2c3cc4c(cc3N(c3nc(-c5ccc(-c6ccccc6)cc5)c5ccccc5n3)C2C=C1)sc1ccccc14. The van der Waals surface area contributed by atoms with Gasteiger partial charge in [0, 0.05) is 42.7 Å². The van der Waals surface area contributed by atoms with Crippen LogP contribution in [0.1, 0.15) is 11.5 Å². The van der Waals surface area contributed by atoms with E-state index in [2.05, 4.69) is 144 Å². The van der Waals surface area contributed by atoms with Crippen molar-refractivity contribution in [3.8, 4) is 22.4 Å². The number of thiophene rings is 1. The lowest BCUT2D eigenvalue weighted by Crippen LogP contribution is -2.30. The van der Waals surface area contributed by atoms with Crippen molar-refractivity contribution in [2.24, 2.45) is 0 Å². The Labute approximate surface area is 247 Å². The van der Waals surface area contributed by atoms with Gasteiger partial charge in [-0.15, -0.1) is 11.3 Å². The van der Waals surface area contributed by atoms with Crippen LogP contribution in [0, 0.1) is 0 Å². The maximum absolute atomic E-state index is 5.33. The first kappa shape index (κ1) is 23.6. The largest absolute Gasteiger partial charge is 0.302 e. The monoisotopic (exact) mass is 555 g/mol. The fraction of sp³-hybridized carbons (Fsp3) is 0.0526. The van der Waals surface area contributed by atoms with Crippen LogP contribution in [0.5, 0.6) is 0 Å². The molecule has 1 aliphatic carbocycles. The van der Waals surface area contributed by atoms with Crippen LogP contribution in [-0.4, -0.2) is 16.0 Å². The summed E-state index contributed by atoms with van der Waals surface area (Å²) in [6.07, 6.45) is 8.95. The molecule has 0 amide bonds. The number of allylic oxidation sites excluding steroid dienone is 2. The molecule has 9 rings (SSSR count). The normalized spacial score (nSPS) is 17.3. The van der Waals surface area contributed by atoms with E-state index in [0.29, 0.717) is 0 Å². The first-order valence-electron chi connectivity index (χ1n) is 14.3. The van der Waals surface area contributed by atoms with E-state index in [0.717, 1.165) is 28.1 Å². The average Bonchev–Trinajstić information content (AvgIpc) is 3.58. The average molecular weight is 556 g/mol. The van der Waals surface area contributed by atoms with Gasteiger partial charge in [-0.1, -0.05) is 115 Å². The molecule has 3 nitrogen and oxygen atoms in total. The van der Waals surface area contributed by atoms with E-state index < -0.39 is 0 Å². The highest BCUT2D eigenvalue weighted by Crippen LogP contribution is 2.50. The number of nitrogens with zero attached hydrogens (tertiary/aromatic N) is 3. The highest BCUT2D eigenvalue weighted by Gasteiger charge is 2.39. The molecule has 4 heteroatoms. The lowest BCUT2D eigenvalue weighted by molar-refractivity contribution is 0.731. The Bertz CT molecular complexity index is 2210. The first-order chi connectivity index (χ1) is 20.8. The molecule has 3 heterocycles. The van der Waals surface area contributed by atoms with Crippen molar-refractivity contribution in [1.82, 2.24) is 9.97 Å². The number of anilines is 2. The lowest BCUT2D eigenvalue weighted by atomic mass is 9.91. The van der Waals surface area contributed by atoms with Crippen molar-refractivity contribution in [3.05, 3.63) is 145 Å². The van der Waals surface area contributed by atoms with Crippen molar-refractivity contribution in [2.75, 3.05) is 4.90 Å². The molecule has 0 spiro atoms. The van der Waals surface area contributed by atoms with Gasteiger partial charge in [-0.2, -0.15) is 0 Å². The zero-order valence-electron chi connectivity index (χ0n) is 22.7. The van der Waals surface area contributed by atoms with Crippen LogP contribution in [0.25, 0.3) is 53.5 Å². The number of fused-ring (bicyclic) bond motifs is 7. The van der Waals surface area contributed by atoms with Gasteiger partial charge in [0.1, 0.15) is 0 Å². The summed E-state index contributed by atoms with van der Waals surface area (Å²) < 4.78 is 2.62. The van der Waals surface area contributed by atoms with E-state index in [-0.39, 0.29) is 12.0 Å². The van der Waals surface area contributed by atoms with Crippen LogP contribution in [0.15, 0.2) is 140 Å². The highest BCUT2D eigenvalue weighted by atomic mass is 32.1. The van der Waals surface area contributed by atoms with Crippen LogP contribution in [-0.2, 0) is 0 Å². The van der Waals surface area contributed by atoms with Gasteiger partial charge < -0.3 is 4.90 Å². The predicted octanol–water partition coefficient (Wildman–Crippen LogP) is 10.1. The molecule has 0 saturated heterocycles. The van der Waals surface area contributed by atoms with Crippen molar-refractivity contribution in [2.45, 2.75) is 12.0 Å². The van der Waals surface area contributed by atoms with Crippen LogP contribution < -0.4 is 4.90 Å². The smallest absolute Gasteiger partial charge is 0.231 e. The van der Waals surface area contributed by atoms with Crippen molar-refractivity contribution >= 4 is 54.0 Å². The highest BCUT2D eigenvalue weighted by molar-refractivity contribution is 7.25. The van der Waals surface area contributed by atoms with Crippen LogP contribution in [0.4, 0.5) is 11.6 Å². The van der Waals surface area contributed by atoms with Gasteiger partial charge in [-0.25, -0.2) is 9.97 Å². The molecule has 0 fully saturated rings. The van der Waals surface area contributed by atoms with E-state index in [1.807, 2.05) is 11.3 Å². The molecule has 198 valence electrons. The Hall–Kier alpha value is -5.06. The standard InChI is InChI=1S/C38H25N3S/c1-2-10-24(11-3-1)25-18-20-26(21-19-25)37-29-14-4-7-15-32(29)39-38(40-37)41-33-16-8-5-12-27(33)30-22-31-28-13-6-9-17-35(28)42-36(31)23-34(30)41/h1-23,27,33H. The number of para-hydroxylation sites is 1. The maximum Gasteiger partial charge on any atom is 0.231 e. The molecule has 2 aromatic heterocycles. The molecule has 42 heavy (non-hydrogen) atoms. The minimum atomic E-state index is 0.127. The molecule has 0 radical (unpaired) electrons. The Kier molecular flexibility index (Phi) is 5.19. The van der Waals surface area contributed by atoms with E-state index in [4.69, 9.17) is 9.97 Å². The summed E-state index contributed by atoms with van der Waals surface area (Å²) in [6, 6.07) is 41.2. The molecule has 2 aliphatic rings. The summed E-state index contributed by atoms with van der Waals surface area (Å²) in [6.45, 7) is 0. The van der Waals surface area contributed by atoms with Crippen molar-refractivity contribution in [1.29, 1.82) is 0 Å². The number of benzene rings is 5. The minimum absolute atomic E-state index is 0.127. The third-order valence-electron chi connectivity index (χ3n) is 8.62. The molecule has 7 aromatic rings. The third-order valence-corrected chi connectivity index (χ3v) is 9.75. The second-order valence-corrected chi connectivity index (χ2v) is 12.1. The fourth-order valence-corrected chi connectivity index (χ4v) is 7.75. The van der Waals surface area contributed by atoms with Crippen molar-refractivity contribution < 1.29 is 0 Å². The quantitative estimate of drug-likeness (QED) is 0.217. The van der Waals surface area contributed by atoms with Gasteiger partial charge in [0.25, 0.3) is 0 Å². The molecule has 2 unspecified atom stereocenters. The molecule has 2 atom stereocenters. The molecule has 0 N–H and O–H groups in total. The molecule has 5 aromatic carbocycles. The Morgan fingerprint density at radius 1 is 0.571 bits per heavy atom. The number of hydrogen-bond donors (Lipinski definition) is 0. The van der Waals surface area contributed by atoms with Gasteiger partial charge >= 0.3 is 0 Å². The minimum Gasteiger partial charge on any atom is -0.302 e. The number of rotatable bonds is 3. The molecular formula is C38H25N3S. The Morgan fingerprint density at radius 3 is 2.17 bits per heavy atom. The van der Waals surface area contributed by atoms with Gasteiger partial charge in [-0.05, 0) is 41.0 Å².